The van der Waals surface area contributed by atoms with E-state index in [0.29, 0.717) is 35.6 Å². The smallest absolute Gasteiger partial charge is 0.262 e. The summed E-state index contributed by atoms with van der Waals surface area (Å²) in [6.07, 6.45) is 1.56. The molecule has 182 valence electrons. The average molecular weight is 483 g/mol. The van der Waals surface area contributed by atoms with Gasteiger partial charge in [-0.05, 0) is 50.9 Å². The Morgan fingerprint density at radius 3 is 2.56 bits per heavy atom. The lowest BCUT2D eigenvalue weighted by Gasteiger charge is -2.20. The number of benzene rings is 3. The zero-order chi connectivity index (χ0) is 24.3. The molecule has 0 saturated heterocycles. The molecule has 0 unspecified atom stereocenters. The fourth-order valence-electron chi connectivity index (χ4n) is 4.49. The third-order valence-corrected chi connectivity index (χ3v) is 7.63. The molecule has 0 amide bonds. The number of fused-ring (bicyclic) bond motifs is 2. The van der Waals surface area contributed by atoms with Crippen LogP contribution in [0, 0.1) is 0 Å². The number of hydrogen-bond donors (Lipinski definition) is 1. The molecular formula is C27H34N2O4S. The Morgan fingerprint density at radius 1 is 1.06 bits per heavy atom. The predicted molar refractivity (Wildman–Crippen MR) is 138 cm³/mol. The van der Waals surface area contributed by atoms with E-state index in [9.17, 15) is 8.42 Å². The highest BCUT2D eigenvalue weighted by Gasteiger charge is 2.33. The lowest BCUT2D eigenvalue weighted by molar-refractivity contribution is 0.131. The van der Waals surface area contributed by atoms with Gasteiger partial charge in [-0.15, -0.1) is 0 Å². The molecule has 0 bridgehead atoms. The van der Waals surface area contributed by atoms with E-state index in [2.05, 4.69) is 23.5 Å². The molecule has 0 aromatic heterocycles. The van der Waals surface area contributed by atoms with Crippen LogP contribution in [0.25, 0.3) is 10.8 Å². The molecule has 3 aromatic rings. The van der Waals surface area contributed by atoms with Gasteiger partial charge < -0.3 is 14.4 Å². The first-order valence-electron chi connectivity index (χ1n) is 11.9. The third-order valence-electron chi connectivity index (χ3n) is 6.19. The Bertz CT molecular complexity index is 1260. The van der Waals surface area contributed by atoms with Crippen LogP contribution in [0.15, 0.2) is 59.5 Å². The van der Waals surface area contributed by atoms with Crippen LogP contribution in [0.4, 0.5) is 5.69 Å². The first-order chi connectivity index (χ1) is 16.2. The van der Waals surface area contributed by atoms with E-state index in [-0.39, 0.29) is 10.5 Å². The lowest BCUT2D eigenvalue weighted by Crippen LogP contribution is -2.25. The summed E-state index contributed by atoms with van der Waals surface area (Å²) >= 11 is 0. The molecule has 0 fully saturated rings. The minimum Gasteiger partial charge on any atom is -0.490 e. The second-order valence-corrected chi connectivity index (χ2v) is 11.0. The van der Waals surface area contributed by atoms with Crippen molar-refractivity contribution in [2.75, 3.05) is 31.0 Å². The molecule has 0 saturated carbocycles. The highest BCUT2D eigenvalue weighted by Crippen LogP contribution is 2.44. The monoisotopic (exact) mass is 482 g/mol. The SMILES string of the molecule is CCN(CC)CCCOc1cc(NS(=O)(=O)c2cccc3ccccc23)cc2c1OC(C)(C)C2. The fourth-order valence-corrected chi connectivity index (χ4v) is 5.77. The molecule has 1 aliphatic rings. The van der Waals surface area contributed by atoms with Crippen LogP contribution in [-0.4, -0.2) is 45.2 Å². The van der Waals surface area contributed by atoms with Crippen molar-refractivity contribution >= 4 is 26.5 Å². The van der Waals surface area contributed by atoms with Gasteiger partial charge in [0.1, 0.15) is 5.60 Å². The van der Waals surface area contributed by atoms with Crippen molar-refractivity contribution in [3.63, 3.8) is 0 Å². The van der Waals surface area contributed by atoms with Gasteiger partial charge in [0.25, 0.3) is 10.0 Å². The summed E-state index contributed by atoms with van der Waals surface area (Å²) in [5, 5.41) is 1.57. The minimum absolute atomic E-state index is 0.254. The van der Waals surface area contributed by atoms with E-state index in [1.807, 2.05) is 50.2 Å². The Labute approximate surface area is 202 Å². The minimum atomic E-state index is -3.80. The summed E-state index contributed by atoms with van der Waals surface area (Å²) < 4.78 is 41.8. The molecule has 1 aliphatic heterocycles. The summed E-state index contributed by atoms with van der Waals surface area (Å²) in [6, 6.07) is 16.4. The number of sulfonamides is 1. The number of rotatable bonds is 10. The van der Waals surface area contributed by atoms with E-state index in [1.54, 1.807) is 18.2 Å². The molecule has 4 rings (SSSR count). The highest BCUT2D eigenvalue weighted by atomic mass is 32.2. The van der Waals surface area contributed by atoms with Crippen LogP contribution >= 0.6 is 0 Å². The Kier molecular flexibility index (Phi) is 7.05. The second kappa shape index (κ2) is 9.84. The van der Waals surface area contributed by atoms with Crippen LogP contribution in [0.1, 0.15) is 39.7 Å². The average Bonchev–Trinajstić information content (AvgIpc) is 3.12. The van der Waals surface area contributed by atoms with E-state index < -0.39 is 10.0 Å². The molecule has 1 heterocycles. The Morgan fingerprint density at radius 2 is 1.79 bits per heavy atom. The zero-order valence-electron chi connectivity index (χ0n) is 20.4. The van der Waals surface area contributed by atoms with Gasteiger partial charge in [0.05, 0.1) is 17.2 Å². The van der Waals surface area contributed by atoms with E-state index in [1.165, 1.54) is 0 Å². The summed E-state index contributed by atoms with van der Waals surface area (Å²) in [7, 11) is -3.80. The van der Waals surface area contributed by atoms with Crippen molar-refractivity contribution in [3.8, 4) is 11.5 Å². The third kappa shape index (κ3) is 5.31. The van der Waals surface area contributed by atoms with Crippen molar-refractivity contribution < 1.29 is 17.9 Å². The van der Waals surface area contributed by atoms with Gasteiger partial charge in [0.2, 0.25) is 0 Å². The van der Waals surface area contributed by atoms with Gasteiger partial charge in [-0.1, -0.05) is 50.2 Å². The predicted octanol–water partition coefficient (Wildman–Crippen LogP) is 5.46. The molecule has 0 aliphatic carbocycles. The molecule has 3 aromatic carbocycles. The van der Waals surface area contributed by atoms with E-state index in [0.717, 1.165) is 37.0 Å². The standard InChI is InChI=1S/C27H34N2O4S/c1-5-29(6-2)15-10-16-32-24-18-22(17-21-19-27(3,4)33-26(21)24)28-34(30,31)25-14-9-12-20-11-7-8-13-23(20)25/h7-9,11-14,17-18,28H,5-6,10,15-16,19H2,1-4H3. The molecular weight excluding hydrogens is 448 g/mol. The number of hydrogen-bond acceptors (Lipinski definition) is 5. The van der Waals surface area contributed by atoms with Crippen LogP contribution in [0.3, 0.4) is 0 Å². The van der Waals surface area contributed by atoms with Crippen molar-refractivity contribution in [2.45, 2.75) is 51.0 Å². The first kappa shape index (κ1) is 24.4. The lowest BCUT2D eigenvalue weighted by atomic mass is 10.0. The summed E-state index contributed by atoms with van der Waals surface area (Å²) in [6.45, 7) is 11.9. The summed E-state index contributed by atoms with van der Waals surface area (Å²) in [5.74, 6) is 1.29. The molecule has 0 spiro atoms. The molecule has 0 radical (unpaired) electrons. The molecule has 1 N–H and O–H groups in total. The normalized spacial score (nSPS) is 14.7. The second-order valence-electron chi connectivity index (χ2n) is 9.31. The Hall–Kier alpha value is -2.77. The van der Waals surface area contributed by atoms with Crippen molar-refractivity contribution in [3.05, 3.63) is 60.2 Å². The van der Waals surface area contributed by atoms with Crippen LogP contribution in [-0.2, 0) is 16.4 Å². The van der Waals surface area contributed by atoms with Crippen LogP contribution in [0.5, 0.6) is 11.5 Å². The van der Waals surface area contributed by atoms with Crippen molar-refractivity contribution in [2.24, 2.45) is 0 Å². The summed E-state index contributed by atoms with van der Waals surface area (Å²) in [5.41, 5.74) is 1.06. The van der Waals surface area contributed by atoms with Gasteiger partial charge in [-0.2, -0.15) is 0 Å². The number of nitrogens with one attached hydrogen (secondary N) is 1. The molecule has 6 nitrogen and oxygen atoms in total. The highest BCUT2D eigenvalue weighted by molar-refractivity contribution is 7.93. The summed E-state index contributed by atoms with van der Waals surface area (Å²) in [4.78, 5) is 2.60. The van der Waals surface area contributed by atoms with Crippen molar-refractivity contribution in [1.82, 2.24) is 4.90 Å². The van der Waals surface area contributed by atoms with E-state index in [4.69, 9.17) is 9.47 Å². The molecule has 7 heteroatoms. The van der Waals surface area contributed by atoms with Crippen LogP contribution in [0.2, 0.25) is 0 Å². The Balaban J connectivity index is 1.60. The van der Waals surface area contributed by atoms with Crippen molar-refractivity contribution in [1.29, 1.82) is 0 Å². The molecule has 0 atom stereocenters. The van der Waals surface area contributed by atoms with Gasteiger partial charge in [0.15, 0.2) is 11.5 Å². The van der Waals surface area contributed by atoms with Gasteiger partial charge in [-0.25, -0.2) is 8.42 Å². The van der Waals surface area contributed by atoms with Gasteiger partial charge >= 0.3 is 0 Å². The number of nitrogens with zero attached hydrogens (tertiary/aromatic N) is 1. The van der Waals surface area contributed by atoms with Crippen LogP contribution < -0.4 is 14.2 Å². The molecule has 34 heavy (non-hydrogen) atoms. The fraction of sp³-hybridized carbons (Fsp3) is 0.407. The quantitative estimate of drug-likeness (QED) is 0.389. The maximum atomic E-state index is 13.4. The van der Waals surface area contributed by atoms with E-state index >= 15 is 0 Å². The maximum absolute atomic E-state index is 13.4. The largest absolute Gasteiger partial charge is 0.490 e. The number of anilines is 1. The van der Waals surface area contributed by atoms with Gasteiger partial charge in [-0.3, -0.25) is 4.72 Å². The zero-order valence-corrected chi connectivity index (χ0v) is 21.2. The number of ether oxygens (including phenoxy) is 2. The topological polar surface area (TPSA) is 67.9 Å². The first-order valence-corrected chi connectivity index (χ1v) is 13.4. The maximum Gasteiger partial charge on any atom is 0.262 e. The van der Waals surface area contributed by atoms with Gasteiger partial charge in [0, 0.05) is 30.0 Å².